The summed E-state index contributed by atoms with van der Waals surface area (Å²) < 4.78 is 18.2. The molecule has 0 fully saturated rings. The Hall–Kier alpha value is -2.18. The van der Waals surface area contributed by atoms with Gasteiger partial charge in [0.15, 0.2) is 0 Å². The van der Waals surface area contributed by atoms with Crippen LogP contribution in [0.2, 0.25) is 0 Å². The van der Waals surface area contributed by atoms with Crippen molar-refractivity contribution >= 4 is 11.7 Å². The van der Waals surface area contributed by atoms with Crippen molar-refractivity contribution < 1.29 is 24.0 Å². The molecule has 0 aromatic heterocycles. The molecule has 0 bridgehead atoms. The van der Waals surface area contributed by atoms with E-state index in [0.29, 0.717) is 0 Å². The molecule has 0 aliphatic rings. The number of methoxy groups -OCH3 is 1. The molecule has 0 spiro atoms. The summed E-state index contributed by atoms with van der Waals surface area (Å²) >= 11 is 0. The molecule has 0 unspecified atom stereocenters. The lowest BCUT2D eigenvalue weighted by molar-refractivity contribution is -0.387. The van der Waals surface area contributed by atoms with Crippen molar-refractivity contribution in [3.05, 3.63) is 33.1 Å². The summed E-state index contributed by atoms with van der Waals surface area (Å²) in [6, 6.07) is 0.928. The summed E-state index contributed by atoms with van der Waals surface area (Å²) in [6.45, 7) is 9.01. The molecule has 118 valence electrons. The van der Waals surface area contributed by atoms with Gasteiger partial charge in [-0.3, -0.25) is 10.1 Å². The number of ether oxygens (including phenoxy) is 1. The molecule has 0 saturated heterocycles. The van der Waals surface area contributed by atoms with E-state index in [2.05, 4.69) is 4.74 Å². The molecule has 0 radical (unpaired) electrons. The van der Waals surface area contributed by atoms with Crippen LogP contribution in [-0.4, -0.2) is 23.1 Å². The van der Waals surface area contributed by atoms with E-state index < -0.39 is 39.1 Å². The van der Waals surface area contributed by atoms with Crippen molar-refractivity contribution in [2.24, 2.45) is 0 Å². The number of nitro groups is 1. The maximum atomic E-state index is 13.9. The second-order valence-electron chi connectivity index (χ2n) is 4.98. The van der Waals surface area contributed by atoms with Gasteiger partial charge in [0.25, 0.3) is 0 Å². The minimum Gasteiger partial charge on any atom is -0.507 e. The average Bonchev–Trinajstić information content (AvgIpc) is 2.38. The summed E-state index contributed by atoms with van der Waals surface area (Å²) in [4.78, 5) is 21.3. The SMILES string of the molecule is CC.COC(=O)c1c(O)c(C(C)(C)C)cc([N+](=O)[O-])c1F. The molecule has 0 atom stereocenters. The highest BCUT2D eigenvalue weighted by Crippen LogP contribution is 2.39. The third kappa shape index (κ3) is 3.90. The Kier molecular flexibility index (Phi) is 6.28. The molecular weight excluding hydrogens is 281 g/mol. The summed E-state index contributed by atoms with van der Waals surface area (Å²) in [5.74, 6) is -3.20. The molecule has 1 aromatic carbocycles. The third-order valence-corrected chi connectivity index (χ3v) is 2.61. The molecule has 1 rings (SSSR count). The minimum atomic E-state index is -1.40. The van der Waals surface area contributed by atoms with E-state index in [9.17, 15) is 24.4 Å². The highest BCUT2D eigenvalue weighted by atomic mass is 19.1. The third-order valence-electron chi connectivity index (χ3n) is 2.61. The number of hydrogen-bond donors (Lipinski definition) is 1. The number of nitrogens with zero attached hydrogens (tertiary/aromatic N) is 1. The predicted molar refractivity (Wildman–Crippen MR) is 76.1 cm³/mol. The van der Waals surface area contributed by atoms with E-state index in [1.54, 1.807) is 20.8 Å². The molecule has 0 amide bonds. The fraction of sp³-hybridized carbons (Fsp3) is 0.500. The number of esters is 1. The van der Waals surface area contributed by atoms with Gasteiger partial charge in [-0.1, -0.05) is 34.6 Å². The van der Waals surface area contributed by atoms with Crippen molar-refractivity contribution in [3.8, 4) is 5.75 Å². The first-order chi connectivity index (χ1) is 9.61. The first-order valence-corrected chi connectivity index (χ1v) is 6.40. The van der Waals surface area contributed by atoms with Gasteiger partial charge in [-0.15, -0.1) is 0 Å². The Bertz CT molecular complexity index is 549. The normalized spacial score (nSPS) is 10.4. The first kappa shape index (κ1) is 18.8. The van der Waals surface area contributed by atoms with E-state index in [1.165, 1.54) is 0 Å². The molecule has 1 N–H and O–H groups in total. The Balaban J connectivity index is 0.00000191. The van der Waals surface area contributed by atoms with E-state index in [4.69, 9.17) is 0 Å². The number of aromatic hydroxyl groups is 1. The highest BCUT2D eigenvalue weighted by Gasteiger charge is 2.33. The highest BCUT2D eigenvalue weighted by molar-refractivity contribution is 5.94. The smallest absolute Gasteiger partial charge is 0.344 e. The van der Waals surface area contributed by atoms with Crippen LogP contribution >= 0.6 is 0 Å². The van der Waals surface area contributed by atoms with Crippen LogP contribution < -0.4 is 0 Å². The number of hydrogen-bond acceptors (Lipinski definition) is 5. The van der Waals surface area contributed by atoms with Crippen LogP contribution in [-0.2, 0) is 10.2 Å². The molecule has 0 aliphatic heterocycles. The Labute approximate surface area is 122 Å². The van der Waals surface area contributed by atoms with E-state index in [-0.39, 0.29) is 5.56 Å². The van der Waals surface area contributed by atoms with E-state index >= 15 is 0 Å². The van der Waals surface area contributed by atoms with Gasteiger partial charge in [0.05, 0.1) is 12.0 Å². The van der Waals surface area contributed by atoms with Crippen LogP contribution in [0.5, 0.6) is 5.75 Å². The van der Waals surface area contributed by atoms with Gasteiger partial charge in [0.1, 0.15) is 11.3 Å². The number of halogens is 1. The number of carbonyl (C=O) groups excluding carboxylic acids is 1. The summed E-state index contributed by atoms with van der Waals surface area (Å²) in [5, 5.41) is 20.8. The summed E-state index contributed by atoms with van der Waals surface area (Å²) in [7, 11) is 0.997. The maximum absolute atomic E-state index is 13.9. The molecular formula is C14H20FNO5. The number of rotatable bonds is 2. The lowest BCUT2D eigenvalue weighted by atomic mass is 9.84. The van der Waals surface area contributed by atoms with Crippen molar-refractivity contribution in [2.45, 2.75) is 40.0 Å². The molecule has 0 saturated carbocycles. The zero-order chi connectivity index (χ0) is 17.0. The van der Waals surface area contributed by atoms with Crippen LogP contribution in [0, 0.1) is 15.9 Å². The van der Waals surface area contributed by atoms with Crippen LogP contribution in [0.3, 0.4) is 0 Å². The van der Waals surface area contributed by atoms with Gasteiger partial charge in [-0.05, 0) is 5.41 Å². The molecule has 0 heterocycles. The standard InChI is InChI=1S/C12H14FNO5.C2H6/c1-12(2,3)6-5-7(14(17)18)9(13)8(10(6)15)11(16)19-4;1-2/h5,15H,1-4H3;1-2H3. The van der Waals surface area contributed by atoms with Crippen molar-refractivity contribution in [3.63, 3.8) is 0 Å². The van der Waals surface area contributed by atoms with Gasteiger partial charge < -0.3 is 9.84 Å². The number of benzene rings is 1. The van der Waals surface area contributed by atoms with E-state index in [0.717, 1.165) is 13.2 Å². The van der Waals surface area contributed by atoms with Crippen LogP contribution in [0.4, 0.5) is 10.1 Å². The maximum Gasteiger partial charge on any atom is 0.344 e. The minimum absolute atomic E-state index is 0.0981. The zero-order valence-corrected chi connectivity index (χ0v) is 13.0. The zero-order valence-electron chi connectivity index (χ0n) is 13.0. The van der Waals surface area contributed by atoms with Gasteiger partial charge in [0, 0.05) is 11.6 Å². The van der Waals surface area contributed by atoms with E-state index in [1.807, 2.05) is 13.8 Å². The summed E-state index contributed by atoms with van der Waals surface area (Å²) in [5.41, 5.74) is -2.29. The fourth-order valence-electron chi connectivity index (χ4n) is 1.63. The second kappa shape index (κ2) is 7.01. The van der Waals surface area contributed by atoms with Crippen LogP contribution in [0.25, 0.3) is 0 Å². The molecule has 21 heavy (non-hydrogen) atoms. The van der Waals surface area contributed by atoms with Crippen LogP contribution in [0.1, 0.15) is 50.5 Å². The van der Waals surface area contributed by atoms with Gasteiger partial charge in [-0.25, -0.2) is 4.79 Å². The Morgan fingerprint density at radius 2 is 1.86 bits per heavy atom. The van der Waals surface area contributed by atoms with Gasteiger partial charge in [0.2, 0.25) is 5.82 Å². The fourth-order valence-corrected chi connectivity index (χ4v) is 1.63. The van der Waals surface area contributed by atoms with Crippen molar-refractivity contribution in [1.29, 1.82) is 0 Å². The lowest BCUT2D eigenvalue weighted by Crippen LogP contribution is -2.16. The molecule has 6 nitrogen and oxygen atoms in total. The summed E-state index contributed by atoms with van der Waals surface area (Å²) in [6.07, 6.45) is 0. The molecule has 1 aromatic rings. The first-order valence-electron chi connectivity index (χ1n) is 6.40. The number of phenolic OH excluding ortho intramolecular Hbond substituents is 1. The molecule has 7 heteroatoms. The van der Waals surface area contributed by atoms with Gasteiger partial charge in [-0.2, -0.15) is 4.39 Å². The molecule has 0 aliphatic carbocycles. The monoisotopic (exact) mass is 301 g/mol. The average molecular weight is 301 g/mol. The van der Waals surface area contributed by atoms with Crippen molar-refractivity contribution in [1.82, 2.24) is 0 Å². The van der Waals surface area contributed by atoms with Crippen LogP contribution in [0.15, 0.2) is 6.07 Å². The van der Waals surface area contributed by atoms with Gasteiger partial charge >= 0.3 is 11.7 Å². The number of nitro benzene ring substituents is 1. The lowest BCUT2D eigenvalue weighted by Gasteiger charge is -2.21. The largest absolute Gasteiger partial charge is 0.507 e. The van der Waals surface area contributed by atoms with Crippen molar-refractivity contribution in [2.75, 3.05) is 7.11 Å². The predicted octanol–water partition coefficient (Wildman–Crippen LogP) is 3.55. The second-order valence-corrected chi connectivity index (χ2v) is 4.98. The number of carbonyl (C=O) groups is 1. The number of phenols is 1. The topological polar surface area (TPSA) is 89.7 Å². The Morgan fingerprint density at radius 3 is 2.19 bits per heavy atom. The Morgan fingerprint density at radius 1 is 1.38 bits per heavy atom. The quantitative estimate of drug-likeness (QED) is 0.512.